The van der Waals surface area contributed by atoms with Gasteiger partial charge in [0.25, 0.3) is 11.6 Å². The molecule has 0 saturated heterocycles. The summed E-state index contributed by atoms with van der Waals surface area (Å²) in [6, 6.07) is 3.37. The summed E-state index contributed by atoms with van der Waals surface area (Å²) in [5.41, 5.74) is -1.35. The largest absolute Gasteiger partial charge is 0.506 e. The second-order valence-electron chi connectivity index (χ2n) is 4.13. The highest BCUT2D eigenvalue weighted by molar-refractivity contribution is 5.98. The third kappa shape index (κ3) is 2.95. The van der Waals surface area contributed by atoms with E-state index in [4.69, 9.17) is 4.74 Å². The van der Waals surface area contributed by atoms with Crippen LogP contribution in [0.15, 0.2) is 18.2 Å². The molecular formula is C11H14N2O5. The number of nitro groups is 1. The Morgan fingerprint density at radius 3 is 2.61 bits per heavy atom. The van der Waals surface area contributed by atoms with Gasteiger partial charge in [-0.25, -0.2) is 0 Å². The second kappa shape index (κ2) is 5.01. The van der Waals surface area contributed by atoms with Crippen molar-refractivity contribution < 1.29 is 19.6 Å². The topological polar surface area (TPSA) is 102 Å². The molecule has 0 radical (unpaired) electrons. The number of ether oxygens (including phenoxy) is 1. The zero-order valence-corrected chi connectivity index (χ0v) is 10.3. The van der Waals surface area contributed by atoms with Crippen LogP contribution in [0.25, 0.3) is 0 Å². The normalized spacial score (nSPS) is 11.1. The molecule has 1 aromatic carbocycles. The molecule has 0 aliphatic rings. The van der Waals surface area contributed by atoms with Gasteiger partial charge in [0.15, 0.2) is 0 Å². The van der Waals surface area contributed by atoms with Crippen molar-refractivity contribution in [2.45, 2.75) is 19.4 Å². The number of benzene rings is 1. The number of rotatable bonds is 4. The lowest BCUT2D eigenvalue weighted by Crippen LogP contribution is -2.38. The van der Waals surface area contributed by atoms with Crippen molar-refractivity contribution in [2.75, 3.05) is 12.4 Å². The zero-order valence-electron chi connectivity index (χ0n) is 10.3. The number of nitrogens with one attached hydrogen (secondary N) is 1. The highest BCUT2D eigenvalue weighted by Gasteiger charge is 2.28. The Hall–Kier alpha value is -2.15. The molecule has 0 aromatic heterocycles. The van der Waals surface area contributed by atoms with E-state index in [2.05, 4.69) is 5.32 Å². The van der Waals surface area contributed by atoms with Gasteiger partial charge in [-0.1, -0.05) is 0 Å². The first-order chi connectivity index (χ1) is 8.27. The van der Waals surface area contributed by atoms with Crippen molar-refractivity contribution in [2.24, 2.45) is 0 Å². The summed E-state index contributed by atoms with van der Waals surface area (Å²) in [5.74, 6) is -0.762. The predicted octanol–water partition coefficient (Wildman–Crippen LogP) is 1.66. The number of carbonyl (C=O) groups excluding carboxylic acids is 1. The van der Waals surface area contributed by atoms with Crippen molar-refractivity contribution in [1.29, 1.82) is 0 Å². The van der Waals surface area contributed by atoms with E-state index >= 15 is 0 Å². The summed E-state index contributed by atoms with van der Waals surface area (Å²) < 4.78 is 4.96. The molecule has 0 spiro atoms. The Labute approximate surface area is 104 Å². The number of methoxy groups -OCH3 is 1. The molecule has 98 valence electrons. The van der Waals surface area contributed by atoms with E-state index in [-0.39, 0.29) is 17.1 Å². The number of phenolic OH excluding ortho intramolecular Hbond substituents is 1. The average Bonchev–Trinajstić information content (AvgIpc) is 2.31. The van der Waals surface area contributed by atoms with Gasteiger partial charge >= 0.3 is 0 Å². The minimum absolute atomic E-state index is 0.0284. The first-order valence-electron chi connectivity index (χ1n) is 5.12. The lowest BCUT2D eigenvalue weighted by Gasteiger charge is -2.21. The summed E-state index contributed by atoms with van der Waals surface area (Å²) in [4.78, 5) is 21.8. The van der Waals surface area contributed by atoms with Crippen LogP contribution in [0, 0.1) is 10.1 Å². The first-order valence-corrected chi connectivity index (χ1v) is 5.12. The minimum atomic E-state index is -1.10. The summed E-state index contributed by atoms with van der Waals surface area (Å²) in [6.07, 6.45) is 0. The smallest absolute Gasteiger partial charge is 0.271 e. The van der Waals surface area contributed by atoms with Crippen LogP contribution in [0.3, 0.4) is 0 Å². The molecule has 0 aliphatic heterocycles. The lowest BCUT2D eigenvalue weighted by molar-refractivity contribution is -0.384. The van der Waals surface area contributed by atoms with Crippen molar-refractivity contribution in [3.63, 3.8) is 0 Å². The monoisotopic (exact) mass is 254 g/mol. The van der Waals surface area contributed by atoms with Gasteiger partial charge in [0.05, 0.1) is 10.6 Å². The van der Waals surface area contributed by atoms with Gasteiger partial charge in [0.1, 0.15) is 11.4 Å². The van der Waals surface area contributed by atoms with Crippen LogP contribution in [-0.4, -0.2) is 28.6 Å². The van der Waals surface area contributed by atoms with Gasteiger partial charge in [-0.3, -0.25) is 14.9 Å². The highest BCUT2D eigenvalue weighted by Crippen LogP contribution is 2.28. The molecule has 0 aliphatic carbocycles. The third-order valence-corrected chi connectivity index (χ3v) is 2.50. The standard InChI is InChI=1S/C11H14N2O5/c1-11(2,18-3)10(15)12-8-6-7(13(16)17)4-5-9(8)14/h4-6,14H,1-3H3,(H,12,15). The Morgan fingerprint density at radius 1 is 1.50 bits per heavy atom. The van der Waals surface area contributed by atoms with Crippen LogP contribution < -0.4 is 5.32 Å². The number of aromatic hydroxyl groups is 1. The number of anilines is 1. The zero-order chi connectivity index (χ0) is 13.9. The molecule has 0 saturated carbocycles. The van der Waals surface area contributed by atoms with Crippen molar-refractivity contribution in [3.05, 3.63) is 28.3 Å². The quantitative estimate of drug-likeness (QED) is 0.483. The highest BCUT2D eigenvalue weighted by atomic mass is 16.6. The van der Waals surface area contributed by atoms with E-state index in [1.54, 1.807) is 0 Å². The second-order valence-corrected chi connectivity index (χ2v) is 4.13. The molecule has 1 amide bonds. The number of amides is 1. The maximum atomic E-state index is 11.8. The Balaban J connectivity index is 3.01. The van der Waals surface area contributed by atoms with Crippen LogP contribution in [0.5, 0.6) is 5.75 Å². The molecule has 7 heteroatoms. The number of non-ortho nitro benzene ring substituents is 1. The number of nitrogens with zero attached hydrogens (tertiary/aromatic N) is 1. The van der Waals surface area contributed by atoms with Crippen LogP contribution in [0.4, 0.5) is 11.4 Å². The van der Waals surface area contributed by atoms with Gasteiger partial charge in [-0.2, -0.15) is 0 Å². The molecule has 2 N–H and O–H groups in total. The number of hydrogen-bond acceptors (Lipinski definition) is 5. The minimum Gasteiger partial charge on any atom is -0.506 e. The van der Waals surface area contributed by atoms with Crippen LogP contribution in [-0.2, 0) is 9.53 Å². The van der Waals surface area contributed by atoms with E-state index in [9.17, 15) is 20.0 Å². The summed E-state index contributed by atoms with van der Waals surface area (Å²) in [7, 11) is 1.37. The maximum Gasteiger partial charge on any atom is 0.271 e. The molecular weight excluding hydrogens is 240 g/mol. The van der Waals surface area contributed by atoms with E-state index in [0.29, 0.717) is 0 Å². The number of hydrogen-bond donors (Lipinski definition) is 2. The summed E-state index contributed by atoms with van der Waals surface area (Å²) in [5, 5.41) is 22.5. The molecule has 0 atom stereocenters. The number of phenols is 1. The van der Waals surface area contributed by atoms with Crippen molar-refractivity contribution in [1.82, 2.24) is 0 Å². The van der Waals surface area contributed by atoms with Crippen molar-refractivity contribution >= 4 is 17.3 Å². The first kappa shape index (κ1) is 13.9. The van der Waals surface area contributed by atoms with E-state index in [1.165, 1.54) is 21.0 Å². The van der Waals surface area contributed by atoms with E-state index in [1.807, 2.05) is 0 Å². The Morgan fingerprint density at radius 2 is 2.11 bits per heavy atom. The molecule has 1 rings (SSSR count). The molecule has 0 unspecified atom stereocenters. The maximum absolute atomic E-state index is 11.8. The van der Waals surface area contributed by atoms with Crippen LogP contribution >= 0.6 is 0 Å². The van der Waals surface area contributed by atoms with Gasteiger partial charge < -0.3 is 15.2 Å². The number of nitro benzene ring substituents is 1. The molecule has 0 fully saturated rings. The lowest BCUT2D eigenvalue weighted by atomic mass is 10.1. The Bertz CT molecular complexity index is 484. The van der Waals surface area contributed by atoms with Gasteiger partial charge in [-0.15, -0.1) is 0 Å². The van der Waals surface area contributed by atoms with Crippen molar-refractivity contribution in [3.8, 4) is 5.75 Å². The molecule has 1 aromatic rings. The number of carbonyl (C=O) groups is 1. The molecule has 0 heterocycles. The average molecular weight is 254 g/mol. The summed E-state index contributed by atoms with van der Waals surface area (Å²) in [6.45, 7) is 3.08. The van der Waals surface area contributed by atoms with Gasteiger partial charge in [0, 0.05) is 19.2 Å². The van der Waals surface area contributed by atoms with Crippen LogP contribution in [0.1, 0.15) is 13.8 Å². The fourth-order valence-corrected chi connectivity index (χ4v) is 1.10. The van der Waals surface area contributed by atoms with Gasteiger partial charge in [-0.05, 0) is 19.9 Å². The van der Waals surface area contributed by atoms with E-state index in [0.717, 1.165) is 18.2 Å². The molecule has 0 bridgehead atoms. The van der Waals surface area contributed by atoms with Gasteiger partial charge in [0.2, 0.25) is 0 Å². The Kier molecular flexibility index (Phi) is 3.87. The van der Waals surface area contributed by atoms with Crippen LogP contribution in [0.2, 0.25) is 0 Å². The molecule has 7 nitrogen and oxygen atoms in total. The fraction of sp³-hybridized carbons (Fsp3) is 0.364. The molecule has 18 heavy (non-hydrogen) atoms. The summed E-state index contributed by atoms with van der Waals surface area (Å²) >= 11 is 0. The fourth-order valence-electron chi connectivity index (χ4n) is 1.10. The SMILES string of the molecule is COC(C)(C)C(=O)Nc1cc([N+](=O)[O-])ccc1O. The van der Waals surface area contributed by atoms with E-state index < -0.39 is 16.4 Å². The predicted molar refractivity (Wildman–Crippen MR) is 64.5 cm³/mol. The third-order valence-electron chi connectivity index (χ3n) is 2.50.